The summed E-state index contributed by atoms with van der Waals surface area (Å²) < 4.78 is 12.4. The average molecular weight is 315 g/mol. The number of hydrogen-bond donors (Lipinski definition) is 1. The highest BCUT2D eigenvalue weighted by molar-refractivity contribution is 9.10. The lowest BCUT2D eigenvalue weighted by molar-refractivity contribution is -0.0116. The van der Waals surface area contributed by atoms with Gasteiger partial charge in [0.1, 0.15) is 12.4 Å². The SMILES string of the molecule is C[C@H](O)c1cc(Br)ccc1OCC1CCCCO1. The van der Waals surface area contributed by atoms with Crippen molar-refractivity contribution in [2.75, 3.05) is 13.2 Å². The molecule has 0 spiro atoms. The molecule has 4 heteroatoms. The molecule has 0 amide bonds. The number of halogens is 1. The maximum atomic E-state index is 9.73. The monoisotopic (exact) mass is 314 g/mol. The quantitative estimate of drug-likeness (QED) is 0.925. The molecule has 1 aliphatic rings. The number of aliphatic hydroxyl groups excluding tert-OH is 1. The van der Waals surface area contributed by atoms with Crippen LogP contribution in [0, 0.1) is 0 Å². The average Bonchev–Trinajstić information content (AvgIpc) is 2.38. The van der Waals surface area contributed by atoms with E-state index in [2.05, 4.69) is 15.9 Å². The minimum absolute atomic E-state index is 0.184. The Kier molecular flexibility index (Phi) is 5.03. The molecule has 1 heterocycles. The third-order valence-corrected chi connectivity index (χ3v) is 3.61. The van der Waals surface area contributed by atoms with Crippen molar-refractivity contribution in [2.24, 2.45) is 0 Å². The normalized spacial score (nSPS) is 21.6. The zero-order valence-corrected chi connectivity index (χ0v) is 12.1. The van der Waals surface area contributed by atoms with Gasteiger partial charge in [-0.05, 0) is 44.4 Å². The van der Waals surface area contributed by atoms with Crippen LogP contribution in [0.15, 0.2) is 22.7 Å². The molecule has 1 unspecified atom stereocenters. The second kappa shape index (κ2) is 6.55. The molecule has 0 saturated carbocycles. The van der Waals surface area contributed by atoms with Crippen molar-refractivity contribution in [1.29, 1.82) is 0 Å². The summed E-state index contributed by atoms with van der Waals surface area (Å²) in [7, 11) is 0. The van der Waals surface area contributed by atoms with E-state index < -0.39 is 6.10 Å². The van der Waals surface area contributed by atoms with Gasteiger partial charge in [0.15, 0.2) is 0 Å². The summed E-state index contributed by atoms with van der Waals surface area (Å²) >= 11 is 3.40. The first-order valence-corrected chi connectivity index (χ1v) is 7.18. The molecule has 0 aliphatic carbocycles. The van der Waals surface area contributed by atoms with E-state index >= 15 is 0 Å². The molecule has 0 aromatic heterocycles. The van der Waals surface area contributed by atoms with Crippen molar-refractivity contribution in [3.05, 3.63) is 28.2 Å². The highest BCUT2D eigenvalue weighted by atomic mass is 79.9. The summed E-state index contributed by atoms with van der Waals surface area (Å²) in [4.78, 5) is 0. The summed E-state index contributed by atoms with van der Waals surface area (Å²) in [5.41, 5.74) is 0.806. The minimum Gasteiger partial charge on any atom is -0.490 e. The van der Waals surface area contributed by atoms with Crippen molar-refractivity contribution < 1.29 is 14.6 Å². The molecule has 1 aliphatic heterocycles. The van der Waals surface area contributed by atoms with Crippen LogP contribution in [0.3, 0.4) is 0 Å². The minimum atomic E-state index is -0.537. The molecule has 0 bridgehead atoms. The Hall–Kier alpha value is -0.580. The zero-order chi connectivity index (χ0) is 13.0. The van der Waals surface area contributed by atoms with Crippen molar-refractivity contribution in [2.45, 2.75) is 38.4 Å². The summed E-state index contributed by atoms with van der Waals surface area (Å²) in [6.07, 6.45) is 3.06. The fraction of sp³-hybridized carbons (Fsp3) is 0.571. The highest BCUT2D eigenvalue weighted by Gasteiger charge is 2.16. The van der Waals surface area contributed by atoms with Crippen LogP contribution in [-0.2, 0) is 4.74 Å². The largest absolute Gasteiger partial charge is 0.490 e. The maximum Gasteiger partial charge on any atom is 0.125 e. The topological polar surface area (TPSA) is 38.7 Å². The van der Waals surface area contributed by atoms with Gasteiger partial charge in [0.2, 0.25) is 0 Å². The zero-order valence-electron chi connectivity index (χ0n) is 10.6. The first-order valence-electron chi connectivity index (χ1n) is 6.38. The Morgan fingerprint density at radius 1 is 1.50 bits per heavy atom. The van der Waals surface area contributed by atoms with E-state index in [0.717, 1.165) is 35.2 Å². The molecule has 1 fully saturated rings. The lowest BCUT2D eigenvalue weighted by Gasteiger charge is -2.23. The second-order valence-electron chi connectivity index (χ2n) is 4.66. The maximum absolute atomic E-state index is 9.73. The van der Waals surface area contributed by atoms with Crippen molar-refractivity contribution in [1.82, 2.24) is 0 Å². The Morgan fingerprint density at radius 3 is 3.00 bits per heavy atom. The van der Waals surface area contributed by atoms with Gasteiger partial charge >= 0.3 is 0 Å². The first kappa shape index (κ1) is 13.8. The Morgan fingerprint density at radius 2 is 2.33 bits per heavy atom. The standard InChI is InChI=1S/C14H19BrO3/c1-10(16)13-8-11(15)5-6-14(13)18-9-12-4-2-3-7-17-12/h5-6,8,10,12,16H,2-4,7,9H2,1H3/t10-,12?/m0/s1. The molecular weight excluding hydrogens is 296 g/mol. The van der Waals surface area contributed by atoms with Crippen LogP contribution in [0.4, 0.5) is 0 Å². The van der Waals surface area contributed by atoms with Gasteiger partial charge in [-0.1, -0.05) is 15.9 Å². The summed E-state index contributed by atoms with van der Waals surface area (Å²) in [6.45, 7) is 3.13. The number of ether oxygens (including phenoxy) is 2. The lowest BCUT2D eigenvalue weighted by Crippen LogP contribution is -2.26. The highest BCUT2D eigenvalue weighted by Crippen LogP contribution is 2.29. The number of benzene rings is 1. The van der Waals surface area contributed by atoms with Crippen LogP contribution in [0.25, 0.3) is 0 Å². The molecule has 1 aromatic rings. The number of aliphatic hydroxyl groups is 1. The van der Waals surface area contributed by atoms with Crippen molar-refractivity contribution in [3.63, 3.8) is 0 Å². The van der Waals surface area contributed by atoms with Gasteiger partial charge in [0.05, 0.1) is 12.2 Å². The molecule has 3 nitrogen and oxygen atoms in total. The van der Waals surface area contributed by atoms with Crippen molar-refractivity contribution in [3.8, 4) is 5.75 Å². The predicted molar refractivity (Wildman–Crippen MR) is 73.9 cm³/mol. The third kappa shape index (κ3) is 3.70. The third-order valence-electron chi connectivity index (χ3n) is 3.12. The molecule has 18 heavy (non-hydrogen) atoms. The first-order chi connectivity index (χ1) is 8.66. The van der Waals surface area contributed by atoms with E-state index in [1.165, 1.54) is 6.42 Å². The molecular formula is C14H19BrO3. The van der Waals surface area contributed by atoms with E-state index in [1.807, 2.05) is 18.2 Å². The predicted octanol–water partition coefficient (Wildman–Crippen LogP) is 3.45. The summed E-state index contributed by atoms with van der Waals surface area (Å²) in [6, 6.07) is 5.69. The van der Waals surface area contributed by atoms with Crippen LogP contribution in [-0.4, -0.2) is 24.4 Å². The molecule has 2 atom stereocenters. The second-order valence-corrected chi connectivity index (χ2v) is 5.57. The van der Waals surface area contributed by atoms with Gasteiger partial charge in [-0.25, -0.2) is 0 Å². The van der Waals surface area contributed by atoms with Gasteiger partial charge in [-0.3, -0.25) is 0 Å². The Bertz CT molecular complexity index is 387. The molecule has 100 valence electrons. The summed E-state index contributed by atoms with van der Waals surface area (Å²) in [5.74, 6) is 0.738. The number of rotatable bonds is 4. The van der Waals surface area contributed by atoms with Crippen LogP contribution in [0.2, 0.25) is 0 Å². The Balaban J connectivity index is 1.99. The van der Waals surface area contributed by atoms with Gasteiger partial charge < -0.3 is 14.6 Å². The Labute approximate surface area is 116 Å². The number of hydrogen-bond acceptors (Lipinski definition) is 3. The lowest BCUT2D eigenvalue weighted by atomic mass is 10.1. The summed E-state index contributed by atoms with van der Waals surface area (Å²) in [5, 5.41) is 9.73. The van der Waals surface area contributed by atoms with Crippen LogP contribution in [0.5, 0.6) is 5.75 Å². The molecule has 1 N–H and O–H groups in total. The fourth-order valence-corrected chi connectivity index (χ4v) is 2.48. The van der Waals surface area contributed by atoms with E-state index in [1.54, 1.807) is 6.92 Å². The van der Waals surface area contributed by atoms with Crippen molar-refractivity contribution >= 4 is 15.9 Å². The van der Waals surface area contributed by atoms with Gasteiger partial charge in [0, 0.05) is 16.6 Å². The van der Waals surface area contributed by atoms with Gasteiger partial charge in [-0.15, -0.1) is 0 Å². The van der Waals surface area contributed by atoms with E-state index in [4.69, 9.17) is 9.47 Å². The molecule has 2 rings (SSSR count). The van der Waals surface area contributed by atoms with E-state index in [-0.39, 0.29) is 6.10 Å². The molecule has 1 aromatic carbocycles. The molecule has 0 radical (unpaired) electrons. The van der Waals surface area contributed by atoms with E-state index in [9.17, 15) is 5.11 Å². The van der Waals surface area contributed by atoms with Crippen LogP contribution < -0.4 is 4.74 Å². The van der Waals surface area contributed by atoms with E-state index in [0.29, 0.717) is 6.61 Å². The van der Waals surface area contributed by atoms with Crippen LogP contribution >= 0.6 is 15.9 Å². The smallest absolute Gasteiger partial charge is 0.125 e. The fourth-order valence-electron chi connectivity index (χ4n) is 2.10. The van der Waals surface area contributed by atoms with Gasteiger partial charge in [-0.2, -0.15) is 0 Å². The van der Waals surface area contributed by atoms with Crippen LogP contribution in [0.1, 0.15) is 37.9 Å². The molecule has 1 saturated heterocycles. The van der Waals surface area contributed by atoms with Gasteiger partial charge in [0.25, 0.3) is 0 Å².